The fourth-order valence-electron chi connectivity index (χ4n) is 6.16. The van der Waals surface area contributed by atoms with Gasteiger partial charge < -0.3 is 8.85 Å². The van der Waals surface area contributed by atoms with Crippen molar-refractivity contribution < 1.29 is 8.85 Å². The van der Waals surface area contributed by atoms with Crippen LogP contribution in [0.2, 0.25) is 12.1 Å². The average Bonchev–Trinajstić information content (AvgIpc) is 2.93. The maximum atomic E-state index is 6.41. The van der Waals surface area contributed by atoms with Crippen LogP contribution < -0.4 is 0 Å². The molecule has 0 fully saturated rings. The van der Waals surface area contributed by atoms with Crippen LogP contribution in [0.15, 0.2) is 0 Å². The van der Waals surface area contributed by atoms with E-state index in [4.69, 9.17) is 8.85 Å². The van der Waals surface area contributed by atoms with Crippen molar-refractivity contribution in [1.82, 2.24) is 0 Å². The summed E-state index contributed by atoms with van der Waals surface area (Å²) in [6, 6.07) is 2.43. The van der Waals surface area contributed by atoms with Gasteiger partial charge in [0.2, 0.25) is 0 Å². The largest absolute Gasteiger partial charge is 0.394 e. The number of unbranched alkanes of at least 4 members (excludes halogenated alkanes) is 26. The second-order valence-electron chi connectivity index (χ2n) is 12.5. The van der Waals surface area contributed by atoms with Gasteiger partial charge in [-0.25, -0.2) is 0 Å². The predicted molar refractivity (Wildman–Crippen MR) is 179 cm³/mol. The van der Waals surface area contributed by atoms with E-state index in [9.17, 15) is 0 Å². The van der Waals surface area contributed by atoms with Gasteiger partial charge in [0.25, 0.3) is 0 Å². The Morgan fingerprint density at radius 1 is 0.282 bits per heavy atom. The third-order valence-electron chi connectivity index (χ3n) is 8.64. The van der Waals surface area contributed by atoms with Gasteiger partial charge in [-0.3, -0.25) is 0 Å². The number of hydrogen-bond donors (Lipinski definition) is 0. The molecule has 0 aromatic rings. The van der Waals surface area contributed by atoms with Crippen LogP contribution in [0.25, 0.3) is 0 Å². The molecule has 0 atom stereocenters. The van der Waals surface area contributed by atoms with Gasteiger partial charge in [0.05, 0.1) is 0 Å². The molecular formula is C36H76O2Si. The monoisotopic (exact) mass is 569 g/mol. The van der Waals surface area contributed by atoms with Gasteiger partial charge in [-0.05, 0) is 25.9 Å². The van der Waals surface area contributed by atoms with E-state index in [0.29, 0.717) is 0 Å². The second-order valence-corrected chi connectivity index (χ2v) is 15.9. The molecule has 0 saturated heterocycles. The van der Waals surface area contributed by atoms with Crippen LogP contribution in [0, 0.1) is 0 Å². The van der Waals surface area contributed by atoms with E-state index in [-0.39, 0.29) is 0 Å². The van der Waals surface area contributed by atoms with E-state index in [1.165, 1.54) is 192 Å². The van der Waals surface area contributed by atoms with Crippen LogP contribution >= 0.6 is 0 Å². The van der Waals surface area contributed by atoms with E-state index in [2.05, 4.69) is 27.7 Å². The highest BCUT2D eigenvalue weighted by atomic mass is 28.4. The van der Waals surface area contributed by atoms with Crippen molar-refractivity contribution >= 4 is 8.56 Å². The Bertz CT molecular complexity index is 436. The first-order valence-electron chi connectivity index (χ1n) is 18.5. The van der Waals surface area contributed by atoms with Crippen molar-refractivity contribution in [3.8, 4) is 0 Å². The van der Waals surface area contributed by atoms with Crippen LogP contribution in [0.1, 0.15) is 207 Å². The van der Waals surface area contributed by atoms with E-state index in [1.807, 2.05) is 0 Å². The van der Waals surface area contributed by atoms with Crippen LogP contribution in [0.4, 0.5) is 0 Å². The van der Waals surface area contributed by atoms with E-state index < -0.39 is 8.56 Å². The second kappa shape index (κ2) is 32.6. The maximum absolute atomic E-state index is 6.41. The van der Waals surface area contributed by atoms with Gasteiger partial charge in [0.15, 0.2) is 0 Å². The summed E-state index contributed by atoms with van der Waals surface area (Å²) >= 11 is 0. The molecule has 0 heterocycles. The smallest absolute Gasteiger partial charge is 0.338 e. The lowest BCUT2D eigenvalue weighted by molar-refractivity contribution is 0.180. The zero-order valence-electron chi connectivity index (χ0n) is 27.9. The van der Waals surface area contributed by atoms with Gasteiger partial charge in [0, 0.05) is 13.2 Å². The van der Waals surface area contributed by atoms with Gasteiger partial charge in [-0.15, -0.1) is 0 Å². The molecule has 0 unspecified atom stereocenters. The summed E-state index contributed by atoms with van der Waals surface area (Å²) in [5, 5.41) is 0. The molecule has 39 heavy (non-hydrogen) atoms. The topological polar surface area (TPSA) is 18.5 Å². The Morgan fingerprint density at radius 3 is 0.692 bits per heavy atom. The Morgan fingerprint density at radius 2 is 0.487 bits per heavy atom. The molecule has 3 heteroatoms. The molecule has 0 bridgehead atoms. The summed E-state index contributed by atoms with van der Waals surface area (Å²) in [6.07, 6.45) is 39.9. The average molecular weight is 569 g/mol. The van der Waals surface area contributed by atoms with Gasteiger partial charge in [-0.2, -0.15) is 0 Å². The zero-order chi connectivity index (χ0) is 28.5. The number of hydrogen-bond acceptors (Lipinski definition) is 2. The first-order valence-corrected chi connectivity index (χ1v) is 20.8. The Labute approximate surface area is 249 Å². The van der Waals surface area contributed by atoms with Crippen molar-refractivity contribution in [2.45, 2.75) is 220 Å². The van der Waals surface area contributed by atoms with Crippen molar-refractivity contribution in [2.24, 2.45) is 0 Å². The van der Waals surface area contributed by atoms with Crippen LogP contribution in [0.3, 0.4) is 0 Å². The third kappa shape index (κ3) is 28.0. The number of rotatable bonds is 34. The lowest BCUT2D eigenvalue weighted by atomic mass is 10.0. The standard InChI is InChI=1S/C36H76O2Si/c1-5-9-11-13-15-17-19-20-21-22-23-24-26-28-30-32-34-36-39(37-7-3,38-8-4)35-33-31-29-27-25-18-16-14-12-10-6-2/h5-36H2,1-4H3. The minimum Gasteiger partial charge on any atom is -0.394 e. The summed E-state index contributed by atoms with van der Waals surface area (Å²) in [5.41, 5.74) is 0. The van der Waals surface area contributed by atoms with E-state index in [1.54, 1.807) is 0 Å². The molecule has 0 aromatic heterocycles. The molecule has 0 radical (unpaired) electrons. The van der Waals surface area contributed by atoms with Gasteiger partial charge >= 0.3 is 8.56 Å². The summed E-state index contributed by atoms with van der Waals surface area (Å²) in [5.74, 6) is 0. The maximum Gasteiger partial charge on any atom is 0.338 e. The Balaban J connectivity index is 3.74. The van der Waals surface area contributed by atoms with Crippen molar-refractivity contribution in [2.75, 3.05) is 13.2 Å². The van der Waals surface area contributed by atoms with E-state index >= 15 is 0 Å². The highest BCUT2D eigenvalue weighted by Gasteiger charge is 2.35. The van der Waals surface area contributed by atoms with E-state index in [0.717, 1.165) is 13.2 Å². The highest BCUT2D eigenvalue weighted by Crippen LogP contribution is 2.26. The molecular weight excluding hydrogens is 492 g/mol. The normalized spacial score (nSPS) is 12.0. The molecule has 0 saturated carbocycles. The zero-order valence-corrected chi connectivity index (χ0v) is 28.9. The minimum atomic E-state index is -2.00. The van der Waals surface area contributed by atoms with Crippen LogP contribution in [0.5, 0.6) is 0 Å². The molecule has 0 aliphatic carbocycles. The fourth-order valence-corrected chi connectivity index (χ4v) is 9.70. The molecule has 0 aromatic carbocycles. The minimum absolute atomic E-state index is 0.823. The van der Waals surface area contributed by atoms with Crippen LogP contribution in [-0.2, 0) is 8.85 Å². The molecule has 0 rings (SSSR count). The summed E-state index contributed by atoms with van der Waals surface area (Å²) in [4.78, 5) is 0. The highest BCUT2D eigenvalue weighted by molar-refractivity contribution is 6.67. The molecule has 2 nitrogen and oxygen atoms in total. The van der Waals surface area contributed by atoms with Crippen LogP contribution in [-0.4, -0.2) is 21.8 Å². The SMILES string of the molecule is CCCCCCCCCCCCCCCCCCC[Si](CCCCCCCCCCCCC)(OCC)OCC. The molecule has 0 spiro atoms. The Kier molecular flexibility index (Phi) is 32.8. The molecule has 236 valence electrons. The third-order valence-corrected chi connectivity index (χ3v) is 12.5. The molecule has 0 aliphatic rings. The van der Waals surface area contributed by atoms with Gasteiger partial charge in [-0.1, -0.05) is 194 Å². The summed E-state index contributed by atoms with van der Waals surface area (Å²) in [7, 11) is -2.00. The summed E-state index contributed by atoms with van der Waals surface area (Å²) in [6.45, 7) is 10.6. The quantitative estimate of drug-likeness (QED) is 0.0567. The summed E-state index contributed by atoms with van der Waals surface area (Å²) < 4.78 is 12.8. The van der Waals surface area contributed by atoms with Crippen molar-refractivity contribution in [3.05, 3.63) is 0 Å². The molecule has 0 N–H and O–H groups in total. The predicted octanol–water partition coefficient (Wildman–Crippen LogP) is 13.5. The van der Waals surface area contributed by atoms with Crippen molar-refractivity contribution in [1.29, 1.82) is 0 Å². The van der Waals surface area contributed by atoms with Gasteiger partial charge in [0.1, 0.15) is 0 Å². The Hall–Kier alpha value is 0.137. The molecule has 0 aliphatic heterocycles. The first kappa shape index (κ1) is 39.1. The van der Waals surface area contributed by atoms with Crippen molar-refractivity contribution in [3.63, 3.8) is 0 Å². The lowest BCUT2D eigenvalue weighted by Crippen LogP contribution is -2.42. The fraction of sp³-hybridized carbons (Fsp3) is 1.00. The first-order chi connectivity index (χ1) is 19.2. The molecule has 0 amide bonds. The lowest BCUT2D eigenvalue weighted by Gasteiger charge is -2.30.